The molecule has 1 atom stereocenters. The molecule has 1 unspecified atom stereocenters. The molecule has 3 aromatic carbocycles. The SMILES string of the molecule is COc1ccc(CCNC(=O)c2ccc(Oc3cc4c(cc3Cl)C(OC(=O)O)CCO4)cc2)c(Cl)c1. The molecule has 0 saturated heterocycles. The predicted octanol–water partition coefficient (Wildman–Crippen LogP) is 6.29. The first-order valence-electron chi connectivity index (χ1n) is 11.1. The summed E-state index contributed by atoms with van der Waals surface area (Å²) in [4.78, 5) is 23.5. The van der Waals surface area contributed by atoms with Gasteiger partial charge < -0.3 is 29.4 Å². The van der Waals surface area contributed by atoms with Gasteiger partial charge in [0, 0.05) is 35.2 Å². The summed E-state index contributed by atoms with van der Waals surface area (Å²) in [6.07, 6.45) is -1.05. The summed E-state index contributed by atoms with van der Waals surface area (Å²) < 4.78 is 21.6. The minimum absolute atomic E-state index is 0.226. The first kappa shape index (κ1) is 25.5. The molecule has 0 aliphatic carbocycles. The number of hydrogen-bond donors (Lipinski definition) is 2. The number of hydrogen-bond acceptors (Lipinski definition) is 6. The number of amides is 1. The van der Waals surface area contributed by atoms with Crippen molar-refractivity contribution in [3.05, 3.63) is 81.3 Å². The molecule has 0 fully saturated rings. The maximum absolute atomic E-state index is 12.5. The molecule has 8 nitrogen and oxygen atoms in total. The van der Waals surface area contributed by atoms with Crippen molar-refractivity contribution in [2.75, 3.05) is 20.3 Å². The molecule has 0 bridgehead atoms. The number of rotatable bonds is 8. The third kappa shape index (κ3) is 6.13. The van der Waals surface area contributed by atoms with Gasteiger partial charge in [-0.2, -0.15) is 0 Å². The molecule has 1 aliphatic rings. The number of carbonyl (C=O) groups is 2. The summed E-state index contributed by atoms with van der Waals surface area (Å²) in [5, 5.41) is 12.7. The number of halogens is 2. The quantitative estimate of drug-likeness (QED) is 0.329. The molecule has 0 aromatic heterocycles. The third-order valence-electron chi connectivity index (χ3n) is 5.58. The fourth-order valence-electron chi connectivity index (χ4n) is 3.75. The minimum Gasteiger partial charge on any atom is -0.497 e. The summed E-state index contributed by atoms with van der Waals surface area (Å²) in [5.74, 6) is 1.69. The van der Waals surface area contributed by atoms with Gasteiger partial charge in [-0.1, -0.05) is 29.3 Å². The fourth-order valence-corrected chi connectivity index (χ4v) is 4.23. The largest absolute Gasteiger partial charge is 0.506 e. The van der Waals surface area contributed by atoms with Crippen LogP contribution in [0.1, 0.15) is 34.0 Å². The number of nitrogens with one attached hydrogen (secondary N) is 1. The normalized spacial score (nSPS) is 14.2. The van der Waals surface area contributed by atoms with Crippen molar-refractivity contribution in [1.82, 2.24) is 5.32 Å². The van der Waals surface area contributed by atoms with E-state index in [-0.39, 0.29) is 10.9 Å². The topological polar surface area (TPSA) is 103 Å². The van der Waals surface area contributed by atoms with Gasteiger partial charge in [-0.15, -0.1) is 0 Å². The van der Waals surface area contributed by atoms with E-state index in [1.165, 1.54) is 0 Å². The second kappa shape index (κ2) is 11.4. The predicted molar refractivity (Wildman–Crippen MR) is 134 cm³/mol. The van der Waals surface area contributed by atoms with Gasteiger partial charge in [-0.3, -0.25) is 4.79 Å². The van der Waals surface area contributed by atoms with Crippen LogP contribution in [0.4, 0.5) is 4.79 Å². The van der Waals surface area contributed by atoms with Gasteiger partial charge in [-0.25, -0.2) is 4.79 Å². The van der Waals surface area contributed by atoms with Crippen molar-refractivity contribution < 1.29 is 33.6 Å². The lowest BCUT2D eigenvalue weighted by molar-refractivity contribution is 0.0326. The van der Waals surface area contributed by atoms with Gasteiger partial charge in [0.2, 0.25) is 0 Å². The molecule has 2 N–H and O–H groups in total. The average molecular weight is 532 g/mol. The Morgan fingerprint density at radius 2 is 1.81 bits per heavy atom. The van der Waals surface area contributed by atoms with Crippen molar-refractivity contribution in [3.63, 3.8) is 0 Å². The highest BCUT2D eigenvalue weighted by Gasteiger charge is 2.27. The Morgan fingerprint density at radius 3 is 2.50 bits per heavy atom. The van der Waals surface area contributed by atoms with Crippen LogP contribution < -0.4 is 19.5 Å². The van der Waals surface area contributed by atoms with Crippen LogP contribution in [0.2, 0.25) is 10.0 Å². The van der Waals surface area contributed by atoms with Crippen LogP contribution in [0.15, 0.2) is 54.6 Å². The van der Waals surface area contributed by atoms with E-state index in [9.17, 15) is 9.59 Å². The van der Waals surface area contributed by atoms with Gasteiger partial charge in [0.05, 0.1) is 18.7 Å². The number of carbonyl (C=O) groups excluding carboxylic acids is 1. The second-order valence-corrected chi connectivity index (χ2v) is 8.73. The molecule has 36 heavy (non-hydrogen) atoms. The van der Waals surface area contributed by atoms with E-state index in [1.807, 2.05) is 12.1 Å². The lowest BCUT2D eigenvalue weighted by Crippen LogP contribution is -2.25. The monoisotopic (exact) mass is 531 g/mol. The van der Waals surface area contributed by atoms with Crippen LogP contribution in [0, 0.1) is 0 Å². The zero-order chi connectivity index (χ0) is 25.7. The molecular formula is C26H23Cl2NO7. The second-order valence-electron chi connectivity index (χ2n) is 7.92. The van der Waals surface area contributed by atoms with Crippen LogP contribution in [-0.4, -0.2) is 37.4 Å². The summed E-state index contributed by atoms with van der Waals surface area (Å²) in [7, 11) is 1.58. The smallest absolute Gasteiger partial charge is 0.497 e. The van der Waals surface area contributed by atoms with Gasteiger partial charge in [0.1, 0.15) is 29.1 Å². The fraction of sp³-hybridized carbons (Fsp3) is 0.231. The number of methoxy groups -OCH3 is 1. The van der Waals surface area contributed by atoms with Crippen molar-refractivity contribution in [3.8, 4) is 23.0 Å². The van der Waals surface area contributed by atoms with E-state index in [0.29, 0.717) is 65.1 Å². The van der Waals surface area contributed by atoms with Crippen LogP contribution in [0.3, 0.4) is 0 Å². The first-order valence-corrected chi connectivity index (χ1v) is 11.8. The van der Waals surface area contributed by atoms with Gasteiger partial charge in [0.25, 0.3) is 5.91 Å². The van der Waals surface area contributed by atoms with Crippen LogP contribution in [-0.2, 0) is 11.2 Å². The maximum atomic E-state index is 12.5. The van der Waals surface area contributed by atoms with E-state index in [2.05, 4.69) is 5.32 Å². The number of carboxylic acid groups (broad SMARTS) is 1. The zero-order valence-corrected chi connectivity index (χ0v) is 20.8. The molecular weight excluding hydrogens is 509 g/mol. The maximum Gasteiger partial charge on any atom is 0.506 e. The molecule has 188 valence electrons. The molecule has 3 aromatic rings. The van der Waals surface area contributed by atoms with Gasteiger partial charge in [0.15, 0.2) is 0 Å². The Labute approximate surface area is 217 Å². The number of benzene rings is 3. The average Bonchev–Trinajstić information content (AvgIpc) is 2.86. The van der Waals surface area contributed by atoms with E-state index >= 15 is 0 Å². The Kier molecular flexibility index (Phi) is 8.07. The summed E-state index contributed by atoms with van der Waals surface area (Å²) >= 11 is 12.6. The van der Waals surface area contributed by atoms with Gasteiger partial charge >= 0.3 is 6.16 Å². The molecule has 0 spiro atoms. The number of ether oxygens (including phenoxy) is 4. The lowest BCUT2D eigenvalue weighted by atomic mass is 10.0. The summed E-state index contributed by atoms with van der Waals surface area (Å²) in [5.41, 5.74) is 1.92. The van der Waals surface area contributed by atoms with Crippen molar-refractivity contribution in [2.45, 2.75) is 18.9 Å². The Morgan fingerprint density at radius 1 is 1.06 bits per heavy atom. The summed E-state index contributed by atoms with van der Waals surface area (Å²) in [6, 6.07) is 15.2. The Balaban J connectivity index is 1.36. The van der Waals surface area contributed by atoms with E-state index in [4.69, 9.17) is 47.3 Å². The molecule has 4 rings (SSSR count). The first-order chi connectivity index (χ1) is 17.3. The lowest BCUT2D eigenvalue weighted by Gasteiger charge is -2.25. The molecule has 0 saturated carbocycles. The minimum atomic E-state index is -1.36. The van der Waals surface area contributed by atoms with Gasteiger partial charge in [-0.05, 0) is 54.4 Å². The highest BCUT2D eigenvalue weighted by atomic mass is 35.5. The Bertz CT molecular complexity index is 1260. The van der Waals surface area contributed by atoms with Crippen LogP contribution >= 0.6 is 23.2 Å². The molecule has 0 radical (unpaired) electrons. The van der Waals surface area contributed by atoms with E-state index in [0.717, 1.165) is 5.56 Å². The highest BCUT2D eigenvalue weighted by Crippen LogP contribution is 2.42. The Hall–Kier alpha value is -3.62. The molecule has 1 aliphatic heterocycles. The number of fused-ring (bicyclic) bond motifs is 1. The third-order valence-corrected chi connectivity index (χ3v) is 6.22. The van der Waals surface area contributed by atoms with Crippen molar-refractivity contribution in [1.29, 1.82) is 0 Å². The van der Waals surface area contributed by atoms with Crippen molar-refractivity contribution >= 4 is 35.3 Å². The summed E-state index contributed by atoms with van der Waals surface area (Å²) in [6.45, 7) is 0.723. The molecule has 10 heteroatoms. The van der Waals surface area contributed by atoms with Crippen LogP contribution in [0.5, 0.6) is 23.0 Å². The van der Waals surface area contributed by atoms with Crippen LogP contribution in [0.25, 0.3) is 0 Å². The van der Waals surface area contributed by atoms with Crippen molar-refractivity contribution in [2.24, 2.45) is 0 Å². The highest BCUT2D eigenvalue weighted by molar-refractivity contribution is 6.32. The molecule has 1 heterocycles. The van der Waals surface area contributed by atoms with E-state index < -0.39 is 12.3 Å². The standard InChI is InChI=1S/C26H23Cl2NO7/c1-33-18-7-2-15(20(27)12-18)8-10-29-25(30)16-3-5-17(6-4-16)35-24-14-23-19(13-21(24)28)22(9-11-34-23)36-26(31)32/h2-7,12-14,22H,8-11H2,1H3,(H,29,30)(H,31,32). The molecule has 1 amide bonds. The zero-order valence-electron chi connectivity index (χ0n) is 19.3. The van der Waals surface area contributed by atoms with E-state index in [1.54, 1.807) is 49.6 Å².